The molecule has 6 nitrogen and oxygen atoms in total. The molecule has 0 N–H and O–H groups in total. The van der Waals surface area contributed by atoms with Crippen LogP contribution in [0.15, 0.2) is 34.2 Å². The van der Waals surface area contributed by atoms with Crippen molar-refractivity contribution >= 4 is 39.1 Å². The van der Waals surface area contributed by atoms with E-state index in [1.54, 1.807) is 27.7 Å². The summed E-state index contributed by atoms with van der Waals surface area (Å²) in [5, 5.41) is 10.6. The monoisotopic (exact) mass is 454 g/mol. The van der Waals surface area contributed by atoms with E-state index in [9.17, 15) is 4.79 Å². The number of thiophene rings is 1. The second-order valence-corrected chi connectivity index (χ2v) is 10.6. The molecule has 8 heteroatoms. The highest BCUT2D eigenvalue weighted by atomic mass is 32.2. The zero-order valence-corrected chi connectivity index (χ0v) is 19.8. The molecule has 0 bridgehead atoms. The molecule has 1 aliphatic heterocycles. The quantitative estimate of drug-likeness (QED) is 0.397. The van der Waals surface area contributed by atoms with E-state index in [0.29, 0.717) is 18.3 Å². The summed E-state index contributed by atoms with van der Waals surface area (Å²) < 4.78 is 9.91. The van der Waals surface area contributed by atoms with Crippen LogP contribution >= 0.6 is 23.1 Å². The number of thioether (sulfide) groups is 1. The number of rotatable bonds is 5. The Morgan fingerprint density at radius 1 is 1.32 bits per heavy atom. The largest absolute Gasteiger partial charge is 0.372 e. The number of ether oxygens (including phenoxy) is 1. The molecule has 1 atom stereocenters. The van der Waals surface area contributed by atoms with Gasteiger partial charge in [0.05, 0.1) is 23.8 Å². The molecular formula is C23H26N4O2S2. The van der Waals surface area contributed by atoms with Crippen molar-refractivity contribution in [2.75, 3.05) is 5.75 Å². The van der Waals surface area contributed by atoms with Crippen molar-refractivity contribution in [1.29, 1.82) is 0 Å². The van der Waals surface area contributed by atoms with Gasteiger partial charge in [0.25, 0.3) is 5.56 Å². The van der Waals surface area contributed by atoms with Crippen molar-refractivity contribution in [3.8, 4) is 5.69 Å². The van der Waals surface area contributed by atoms with E-state index in [4.69, 9.17) is 4.74 Å². The fourth-order valence-electron chi connectivity index (χ4n) is 4.15. The molecular weight excluding hydrogens is 428 g/mol. The summed E-state index contributed by atoms with van der Waals surface area (Å²) in [4.78, 5) is 16.0. The Morgan fingerprint density at radius 3 is 2.90 bits per heavy atom. The molecule has 0 saturated heterocycles. The van der Waals surface area contributed by atoms with Gasteiger partial charge in [0.1, 0.15) is 4.83 Å². The normalized spacial score (nSPS) is 16.5. The van der Waals surface area contributed by atoms with E-state index in [1.165, 1.54) is 0 Å². The molecule has 0 amide bonds. The van der Waals surface area contributed by atoms with Crippen LogP contribution in [0.25, 0.3) is 21.7 Å². The summed E-state index contributed by atoms with van der Waals surface area (Å²) >= 11 is 3.33. The fourth-order valence-corrected chi connectivity index (χ4v) is 6.24. The zero-order chi connectivity index (χ0) is 21.7. The van der Waals surface area contributed by atoms with Gasteiger partial charge in [-0.05, 0) is 42.5 Å². The summed E-state index contributed by atoms with van der Waals surface area (Å²) in [5.41, 5.74) is 3.04. The number of hydrogen-bond acceptors (Lipinski definition) is 6. The lowest BCUT2D eigenvalue weighted by Crippen LogP contribution is -2.28. The van der Waals surface area contributed by atoms with Gasteiger partial charge >= 0.3 is 0 Å². The van der Waals surface area contributed by atoms with Gasteiger partial charge in [-0.3, -0.25) is 4.79 Å². The van der Waals surface area contributed by atoms with Crippen molar-refractivity contribution in [1.82, 2.24) is 19.2 Å². The smallest absolute Gasteiger partial charge is 0.268 e. The number of hydrogen-bond donors (Lipinski definition) is 0. The maximum Gasteiger partial charge on any atom is 0.268 e. The Hall–Kier alpha value is -2.16. The Morgan fingerprint density at radius 2 is 2.16 bits per heavy atom. The minimum Gasteiger partial charge on any atom is -0.372 e. The zero-order valence-electron chi connectivity index (χ0n) is 18.2. The lowest BCUT2D eigenvalue weighted by Gasteiger charge is -2.26. The van der Waals surface area contributed by atoms with E-state index in [2.05, 4.69) is 35.4 Å². The third-order valence-corrected chi connectivity index (χ3v) is 8.11. The highest BCUT2D eigenvalue weighted by molar-refractivity contribution is 7.99. The molecule has 31 heavy (non-hydrogen) atoms. The molecule has 4 aromatic rings. The highest BCUT2D eigenvalue weighted by Crippen LogP contribution is 2.37. The number of aryl methyl sites for hydroxylation is 1. The maximum absolute atomic E-state index is 13.9. The predicted octanol–water partition coefficient (Wildman–Crippen LogP) is 5.00. The van der Waals surface area contributed by atoms with Crippen LogP contribution in [0.1, 0.15) is 43.2 Å². The van der Waals surface area contributed by atoms with Crippen LogP contribution in [0, 0.1) is 12.8 Å². The SMILES string of the molecule is CCCSc1nnc2n(-c3cccc(C)c3)c(=O)c3c4c(sc3n12)CO[C@@H](C(C)C)C4. The molecule has 1 aromatic carbocycles. The van der Waals surface area contributed by atoms with Crippen molar-refractivity contribution in [3.63, 3.8) is 0 Å². The molecule has 0 fully saturated rings. The summed E-state index contributed by atoms with van der Waals surface area (Å²) in [6.07, 6.45) is 1.94. The molecule has 0 aliphatic carbocycles. The first-order valence-electron chi connectivity index (χ1n) is 10.8. The van der Waals surface area contributed by atoms with Crippen LogP contribution in [0.4, 0.5) is 0 Å². The highest BCUT2D eigenvalue weighted by Gasteiger charge is 2.30. The minimum absolute atomic E-state index is 0.0190. The molecule has 162 valence electrons. The lowest BCUT2D eigenvalue weighted by molar-refractivity contribution is 0.00200. The van der Waals surface area contributed by atoms with Crippen molar-refractivity contribution < 1.29 is 4.74 Å². The summed E-state index contributed by atoms with van der Waals surface area (Å²) in [6.45, 7) is 9.09. The molecule has 0 spiro atoms. The summed E-state index contributed by atoms with van der Waals surface area (Å²) in [7, 11) is 0. The molecule has 1 aliphatic rings. The maximum atomic E-state index is 13.9. The van der Waals surface area contributed by atoms with Gasteiger partial charge < -0.3 is 4.74 Å². The molecule has 3 aromatic heterocycles. The van der Waals surface area contributed by atoms with Crippen molar-refractivity contribution in [2.45, 2.75) is 58.4 Å². The summed E-state index contributed by atoms with van der Waals surface area (Å²) in [5.74, 6) is 1.92. The van der Waals surface area contributed by atoms with Gasteiger partial charge in [-0.2, -0.15) is 0 Å². The summed E-state index contributed by atoms with van der Waals surface area (Å²) in [6, 6.07) is 8.01. The van der Waals surface area contributed by atoms with E-state index in [1.807, 2.05) is 31.2 Å². The minimum atomic E-state index is -0.0190. The van der Waals surface area contributed by atoms with E-state index in [0.717, 1.165) is 55.7 Å². The number of aromatic nitrogens is 4. The van der Waals surface area contributed by atoms with Gasteiger partial charge in [-0.15, -0.1) is 21.5 Å². The second-order valence-electron chi connectivity index (χ2n) is 8.43. The van der Waals surface area contributed by atoms with Crippen molar-refractivity contribution in [3.05, 3.63) is 50.6 Å². The third kappa shape index (κ3) is 3.41. The number of nitrogens with zero attached hydrogens (tertiary/aromatic N) is 4. The number of benzene rings is 1. The first-order chi connectivity index (χ1) is 15.0. The average molecular weight is 455 g/mol. The standard InChI is InChI=1S/C23H26N4O2S2/c1-5-9-30-23-25-24-22-26(15-8-6-7-14(4)10-15)20(28)19-16-11-17(13(2)3)29-12-18(16)31-21(19)27(22)23/h6-8,10,13,17H,5,9,11-12H2,1-4H3/t17-/m1/s1. The van der Waals surface area contributed by atoms with Gasteiger partial charge in [-0.1, -0.05) is 44.7 Å². The van der Waals surface area contributed by atoms with Crippen LogP contribution in [0.3, 0.4) is 0 Å². The van der Waals surface area contributed by atoms with Crippen LogP contribution < -0.4 is 5.56 Å². The van der Waals surface area contributed by atoms with Crippen molar-refractivity contribution in [2.24, 2.45) is 5.92 Å². The van der Waals surface area contributed by atoms with Crippen LogP contribution in [0.2, 0.25) is 0 Å². The third-order valence-electron chi connectivity index (χ3n) is 5.78. The second kappa shape index (κ2) is 8.07. The topological polar surface area (TPSA) is 61.4 Å². The van der Waals surface area contributed by atoms with Crippen LogP contribution in [0.5, 0.6) is 0 Å². The van der Waals surface area contributed by atoms with E-state index < -0.39 is 0 Å². The molecule has 0 saturated carbocycles. The molecule has 0 radical (unpaired) electrons. The molecule has 0 unspecified atom stereocenters. The molecule has 5 rings (SSSR count). The first-order valence-corrected chi connectivity index (χ1v) is 12.6. The lowest BCUT2D eigenvalue weighted by atomic mass is 9.96. The predicted molar refractivity (Wildman–Crippen MR) is 127 cm³/mol. The Kier molecular flexibility index (Phi) is 5.40. The van der Waals surface area contributed by atoms with Gasteiger partial charge in [0.15, 0.2) is 5.16 Å². The molecule has 4 heterocycles. The van der Waals surface area contributed by atoms with Crippen LogP contribution in [-0.4, -0.2) is 31.0 Å². The number of fused-ring (bicyclic) bond motifs is 5. The van der Waals surface area contributed by atoms with Crippen LogP contribution in [-0.2, 0) is 17.8 Å². The van der Waals surface area contributed by atoms with E-state index in [-0.39, 0.29) is 11.7 Å². The van der Waals surface area contributed by atoms with Gasteiger partial charge in [0, 0.05) is 17.1 Å². The van der Waals surface area contributed by atoms with Gasteiger partial charge in [-0.25, -0.2) is 8.97 Å². The van der Waals surface area contributed by atoms with Gasteiger partial charge in [0.2, 0.25) is 5.78 Å². The Bertz CT molecular complexity index is 1340. The fraction of sp³-hybridized carbons (Fsp3) is 0.435. The Balaban J connectivity index is 1.86. The van der Waals surface area contributed by atoms with E-state index >= 15 is 0 Å². The first kappa shape index (κ1) is 20.7. The average Bonchev–Trinajstić information content (AvgIpc) is 3.33. The Labute approximate surface area is 189 Å².